The second-order valence-electron chi connectivity index (χ2n) is 3.11. The molecular weight excluding hydrogens is 214 g/mol. The molecule has 1 aromatic carbocycles. The summed E-state index contributed by atoms with van der Waals surface area (Å²) in [5.74, 6) is -0.0841. The topological polar surface area (TPSA) is 46.2 Å². The van der Waals surface area contributed by atoms with Crippen LogP contribution in [0.3, 0.4) is 0 Å². The molecule has 1 amide bonds. The van der Waals surface area contributed by atoms with Crippen molar-refractivity contribution in [1.29, 1.82) is 0 Å². The van der Waals surface area contributed by atoms with E-state index in [-0.39, 0.29) is 5.91 Å². The summed E-state index contributed by atoms with van der Waals surface area (Å²) >= 11 is 5.71. The molecule has 3 nitrogen and oxygen atoms in total. The fourth-order valence-electron chi connectivity index (χ4n) is 1.12. The van der Waals surface area contributed by atoms with Crippen molar-refractivity contribution in [2.24, 2.45) is 0 Å². The maximum atomic E-state index is 11.3. The Bertz CT molecular complexity index is 335. The number of amides is 1. The van der Waals surface area contributed by atoms with Crippen LogP contribution >= 0.6 is 11.6 Å². The number of carbonyl (C=O) groups excluding carboxylic acids is 2. The Balaban J connectivity index is 2.37. The zero-order valence-electron chi connectivity index (χ0n) is 8.20. The van der Waals surface area contributed by atoms with E-state index in [4.69, 9.17) is 11.6 Å². The molecule has 0 aliphatic carbocycles. The van der Waals surface area contributed by atoms with Gasteiger partial charge in [0.05, 0.1) is 6.42 Å². The molecule has 0 fully saturated rings. The summed E-state index contributed by atoms with van der Waals surface area (Å²) < 4.78 is 0. The van der Waals surface area contributed by atoms with Gasteiger partial charge in [-0.2, -0.15) is 0 Å². The average Bonchev–Trinajstić information content (AvgIpc) is 2.22. The molecule has 0 aliphatic rings. The lowest BCUT2D eigenvalue weighted by atomic mass is 10.1. The van der Waals surface area contributed by atoms with Crippen LogP contribution in [0.25, 0.3) is 0 Å². The third-order valence-corrected chi connectivity index (χ3v) is 2.11. The second kappa shape index (κ2) is 6.19. The molecule has 0 aliphatic heterocycles. The Morgan fingerprint density at radius 2 is 2.00 bits per heavy atom. The lowest BCUT2D eigenvalue weighted by molar-refractivity contribution is -0.120. The molecule has 1 aromatic rings. The maximum Gasteiger partial charge on any atom is 0.224 e. The molecule has 0 unspecified atom stereocenters. The molecule has 0 saturated heterocycles. The van der Waals surface area contributed by atoms with Gasteiger partial charge in [0.25, 0.3) is 0 Å². The zero-order chi connectivity index (χ0) is 11.1. The van der Waals surface area contributed by atoms with Gasteiger partial charge < -0.3 is 10.1 Å². The molecular formula is C11H12ClNO2. The minimum atomic E-state index is -0.0841. The van der Waals surface area contributed by atoms with Gasteiger partial charge in [-0.25, -0.2) is 0 Å². The quantitative estimate of drug-likeness (QED) is 0.611. The summed E-state index contributed by atoms with van der Waals surface area (Å²) in [5.41, 5.74) is 0.906. The highest BCUT2D eigenvalue weighted by molar-refractivity contribution is 6.30. The van der Waals surface area contributed by atoms with Crippen LogP contribution in [-0.4, -0.2) is 18.7 Å². The monoisotopic (exact) mass is 225 g/mol. The first-order chi connectivity index (χ1) is 7.22. The van der Waals surface area contributed by atoms with Crippen LogP contribution in [0.4, 0.5) is 0 Å². The summed E-state index contributed by atoms with van der Waals surface area (Å²) in [5, 5.41) is 3.30. The third-order valence-electron chi connectivity index (χ3n) is 1.86. The predicted octanol–water partition coefficient (Wildman–Crippen LogP) is 1.59. The lowest BCUT2D eigenvalue weighted by Gasteiger charge is -2.03. The Morgan fingerprint density at radius 3 is 2.60 bits per heavy atom. The zero-order valence-corrected chi connectivity index (χ0v) is 8.96. The lowest BCUT2D eigenvalue weighted by Crippen LogP contribution is -2.26. The van der Waals surface area contributed by atoms with Crippen LogP contribution in [0.5, 0.6) is 0 Å². The van der Waals surface area contributed by atoms with Gasteiger partial charge >= 0.3 is 0 Å². The van der Waals surface area contributed by atoms with Crippen LogP contribution in [0, 0.1) is 0 Å². The van der Waals surface area contributed by atoms with E-state index in [0.29, 0.717) is 24.4 Å². The van der Waals surface area contributed by atoms with Crippen molar-refractivity contribution in [3.8, 4) is 0 Å². The van der Waals surface area contributed by atoms with Crippen molar-refractivity contribution in [3.05, 3.63) is 34.9 Å². The Hall–Kier alpha value is -1.35. The first kappa shape index (κ1) is 11.7. The highest BCUT2D eigenvalue weighted by Gasteiger charge is 2.01. The normalized spacial score (nSPS) is 9.67. The number of nitrogens with one attached hydrogen (secondary N) is 1. The second-order valence-corrected chi connectivity index (χ2v) is 3.54. The molecule has 1 rings (SSSR count). The number of hydrogen-bond donors (Lipinski definition) is 1. The molecule has 0 radical (unpaired) electrons. The third kappa shape index (κ3) is 4.61. The first-order valence-electron chi connectivity index (χ1n) is 4.67. The maximum absolute atomic E-state index is 11.3. The SMILES string of the molecule is O=CCCNC(=O)Cc1ccc(Cl)cc1. The van der Waals surface area contributed by atoms with E-state index in [9.17, 15) is 9.59 Å². The van der Waals surface area contributed by atoms with E-state index in [2.05, 4.69) is 5.32 Å². The fraction of sp³-hybridized carbons (Fsp3) is 0.273. The van der Waals surface area contributed by atoms with Gasteiger partial charge in [0, 0.05) is 18.0 Å². The fourth-order valence-corrected chi connectivity index (χ4v) is 1.25. The molecule has 4 heteroatoms. The highest BCUT2D eigenvalue weighted by Crippen LogP contribution is 2.09. The predicted molar refractivity (Wildman–Crippen MR) is 58.8 cm³/mol. The van der Waals surface area contributed by atoms with Crippen molar-refractivity contribution < 1.29 is 9.59 Å². The van der Waals surface area contributed by atoms with Gasteiger partial charge in [0.2, 0.25) is 5.91 Å². The summed E-state index contributed by atoms with van der Waals surface area (Å²) in [4.78, 5) is 21.3. The molecule has 1 N–H and O–H groups in total. The van der Waals surface area contributed by atoms with E-state index in [1.807, 2.05) is 12.1 Å². The van der Waals surface area contributed by atoms with Gasteiger partial charge in [-0.15, -0.1) is 0 Å². The van der Waals surface area contributed by atoms with Gasteiger partial charge in [-0.3, -0.25) is 4.79 Å². The molecule has 0 atom stereocenters. The van der Waals surface area contributed by atoms with Gasteiger partial charge in [0.15, 0.2) is 0 Å². The van der Waals surface area contributed by atoms with Crippen molar-refractivity contribution in [3.63, 3.8) is 0 Å². The molecule has 15 heavy (non-hydrogen) atoms. The minimum Gasteiger partial charge on any atom is -0.355 e. The summed E-state index contributed by atoms with van der Waals surface area (Å²) in [6, 6.07) is 7.11. The van der Waals surface area contributed by atoms with Crippen molar-refractivity contribution in [2.45, 2.75) is 12.8 Å². The van der Waals surface area contributed by atoms with E-state index in [0.717, 1.165) is 11.8 Å². The number of benzene rings is 1. The molecule has 0 saturated carbocycles. The van der Waals surface area contributed by atoms with E-state index in [1.54, 1.807) is 12.1 Å². The number of carbonyl (C=O) groups is 2. The van der Waals surface area contributed by atoms with Gasteiger partial charge in [0.1, 0.15) is 6.29 Å². The molecule has 0 spiro atoms. The molecule has 0 heterocycles. The van der Waals surface area contributed by atoms with E-state index in [1.165, 1.54) is 0 Å². The first-order valence-corrected chi connectivity index (χ1v) is 5.05. The highest BCUT2D eigenvalue weighted by atomic mass is 35.5. The van der Waals surface area contributed by atoms with Crippen molar-refractivity contribution in [2.75, 3.05) is 6.54 Å². The standard InChI is InChI=1S/C11H12ClNO2/c12-10-4-2-9(3-5-10)8-11(15)13-6-1-7-14/h2-5,7H,1,6,8H2,(H,13,15). The van der Waals surface area contributed by atoms with Crippen LogP contribution in [0.2, 0.25) is 5.02 Å². The number of aldehydes is 1. The summed E-state index contributed by atoms with van der Waals surface area (Å²) in [7, 11) is 0. The van der Waals surface area contributed by atoms with Crippen LogP contribution in [-0.2, 0) is 16.0 Å². The Labute approximate surface area is 93.4 Å². The number of rotatable bonds is 5. The Kier molecular flexibility index (Phi) is 4.84. The van der Waals surface area contributed by atoms with Gasteiger partial charge in [-0.1, -0.05) is 23.7 Å². The molecule has 0 bridgehead atoms. The van der Waals surface area contributed by atoms with Crippen molar-refractivity contribution >= 4 is 23.8 Å². The van der Waals surface area contributed by atoms with Crippen LogP contribution < -0.4 is 5.32 Å². The Morgan fingerprint density at radius 1 is 1.33 bits per heavy atom. The number of halogens is 1. The summed E-state index contributed by atoms with van der Waals surface area (Å²) in [6.45, 7) is 0.399. The average molecular weight is 226 g/mol. The minimum absolute atomic E-state index is 0.0841. The van der Waals surface area contributed by atoms with Crippen LogP contribution in [0.1, 0.15) is 12.0 Å². The van der Waals surface area contributed by atoms with Crippen molar-refractivity contribution in [1.82, 2.24) is 5.32 Å². The van der Waals surface area contributed by atoms with Gasteiger partial charge in [-0.05, 0) is 17.7 Å². The largest absolute Gasteiger partial charge is 0.355 e. The van der Waals surface area contributed by atoms with E-state index >= 15 is 0 Å². The van der Waals surface area contributed by atoms with Crippen LogP contribution in [0.15, 0.2) is 24.3 Å². The summed E-state index contributed by atoms with van der Waals surface area (Å²) in [6.07, 6.45) is 1.45. The smallest absolute Gasteiger partial charge is 0.224 e. The van der Waals surface area contributed by atoms with E-state index < -0.39 is 0 Å². The molecule has 0 aromatic heterocycles. The number of hydrogen-bond acceptors (Lipinski definition) is 2. The molecule has 80 valence electrons.